The van der Waals surface area contributed by atoms with Gasteiger partial charge < -0.3 is 4.90 Å². The number of benzene rings is 1. The zero-order valence-electron chi connectivity index (χ0n) is 12.5. The molecule has 23 heavy (non-hydrogen) atoms. The maximum atomic E-state index is 12.3. The van der Waals surface area contributed by atoms with Gasteiger partial charge in [-0.15, -0.1) is 0 Å². The second-order valence-corrected chi connectivity index (χ2v) is 7.12. The van der Waals surface area contributed by atoms with Gasteiger partial charge in [-0.1, -0.05) is 17.7 Å². The minimum atomic E-state index is -3.52. The lowest BCUT2D eigenvalue weighted by Gasteiger charge is -2.39. The number of nitriles is 1. The van der Waals surface area contributed by atoms with Crippen molar-refractivity contribution in [3.05, 3.63) is 47.9 Å². The fourth-order valence-electron chi connectivity index (χ4n) is 2.31. The normalized spacial score (nSPS) is 15.0. The van der Waals surface area contributed by atoms with Crippen molar-refractivity contribution in [2.24, 2.45) is 0 Å². The molecular formula is C15H15N5O2S. The fraction of sp³-hybridized carbons (Fsp3) is 0.267. The van der Waals surface area contributed by atoms with Crippen LogP contribution in [0.25, 0.3) is 0 Å². The average Bonchev–Trinajstić information content (AvgIpc) is 2.51. The van der Waals surface area contributed by atoms with Crippen molar-refractivity contribution in [1.82, 2.24) is 14.7 Å². The molecule has 0 bridgehead atoms. The Bertz CT molecular complexity index is 852. The highest BCUT2D eigenvalue weighted by Gasteiger charge is 2.32. The van der Waals surface area contributed by atoms with Gasteiger partial charge in [-0.05, 0) is 19.1 Å². The predicted octanol–water partition coefficient (Wildman–Crippen LogP) is 0.824. The van der Waals surface area contributed by atoms with E-state index in [4.69, 9.17) is 5.26 Å². The molecule has 1 saturated heterocycles. The molecule has 118 valence electrons. The van der Waals surface area contributed by atoms with Crippen molar-refractivity contribution in [1.29, 1.82) is 5.26 Å². The van der Waals surface area contributed by atoms with E-state index >= 15 is 0 Å². The van der Waals surface area contributed by atoms with Crippen LogP contribution in [0.2, 0.25) is 0 Å². The maximum Gasteiger partial charge on any atom is 0.240 e. The van der Waals surface area contributed by atoms with Gasteiger partial charge >= 0.3 is 0 Å². The summed E-state index contributed by atoms with van der Waals surface area (Å²) in [6, 6.07) is 8.47. The number of aromatic nitrogens is 2. The first-order valence-corrected chi connectivity index (χ1v) is 8.52. The van der Waals surface area contributed by atoms with Crippen LogP contribution < -0.4 is 9.62 Å². The molecule has 1 fully saturated rings. The Balaban J connectivity index is 1.63. The summed E-state index contributed by atoms with van der Waals surface area (Å²) in [5, 5.41) is 8.82. The molecule has 7 nitrogen and oxygen atoms in total. The van der Waals surface area contributed by atoms with Crippen LogP contribution in [0.5, 0.6) is 0 Å². The molecule has 1 N–H and O–H groups in total. The molecule has 0 unspecified atom stereocenters. The molecule has 0 aliphatic carbocycles. The Morgan fingerprint density at radius 2 is 1.96 bits per heavy atom. The molecule has 0 amide bonds. The zero-order valence-corrected chi connectivity index (χ0v) is 13.3. The van der Waals surface area contributed by atoms with Gasteiger partial charge in [0.2, 0.25) is 10.0 Å². The zero-order chi connectivity index (χ0) is 16.4. The lowest BCUT2D eigenvalue weighted by atomic mass is 10.1. The lowest BCUT2D eigenvalue weighted by molar-refractivity contribution is 0.465. The van der Waals surface area contributed by atoms with Crippen LogP contribution >= 0.6 is 0 Å². The molecule has 0 spiro atoms. The van der Waals surface area contributed by atoms with Gasteiger partial charge in [-0.3, -0.25) is 4.98 Å². The molecule has 0 radical (unpaired) electrons. The van der Waals surface area contributed by atoms with E-state index in [9.17, 15) is 8.42 Å². The molecule has 0 atom stereocenters. The third-order valence-corrected chi connectivity index (χ3v) is 5.13. The number of nitrogens with zero attached hydrogens (tertiary/aromatic N) is 4. The maximum absolute atomic E-state index is 12.3. The summed E-state index contributed by atoms with van der Waals surface area (Å²) in [6.07, 6.45) is 2.95. The van der Waals surface area contributed by atoms with Crippen molar-refractivity contribution < 1.29 is 8.42 Å². The van der Waals surface area contributed by atoms with Crippen LogP contribution in [0.4, 0.5) is 5.82 Å². The van der Waals surface area contributed by atoms with E-state index in [-0.39, 0.29) is 16.6 Å². The summed E-state index contributed by atoms with van der Waals surface area (Å²) in [6.45, 7) is 2.90. The predicted molar refractivity (Wildman–Crippen MR) is 84.2 cm³/mol. The molecule has 1 aliphatic heterocycles. The Labute approximate surface area is 134 Å². The topological polar surface area (TPSA) is 99.0 Å². The van der Waals surface area contributed by atoms with Gasteiger partial charge in [-0.25, -0.2) is 18.1 Å². The van der Waals surface area contributed by atoms with E-state index in [1.165, 1.54) is 6.20 Å². The molecule has 3 rings (SSSR count). The summed E-state index contributed by atoms with van der Waals surface area (Å²) in [7, 11) is -3.52. The van der Waals surface area contributed by atoms with Gasteiger partial charge in [0.1, 0.15) is 11.9 Å². The number of sulfonamides is 1. The smallest absolute Gasteiger partial charge is 0.240 e. The number of aryl methyl sites for hydroxylation is 1. The highest BCUT2D eigenvalue weighted by molar-refractivity contribution is 7.89. The quantitative estimate of drug-likeness (QED) is 0.892. The third kappa shape index (κ3) is 3.31. The molecule has 2 aromatic rings. The first-order chi connectivity index (χ1) is 11.0. The van der Waals surface area contributed by atoms with E-state index < -0.39 is 10.0 Å². The second kappa shape index (κ2) is 5.95. The SMILES string of the molecule is Cc1ccc(S(=O)(=O)NC2CN(c3cncc(C#N)n3)C2)cc1. The van der Waals surface area contributed by atoms with Crippen molar-refractivity contribution in [3.63, 3.8) is 0 Å². The number of anilines is 1. The van der Waals surface area contributed by atoms with Gasteiger partial charge in [0.15, 0.2) is 5.69 Å². The van der Waals surface area contributed by atoms with Crippen LogP contribution in [0.15, 0.2) is 41.6 Å². The molecule has 8 heteroatoms. The molecule has 1 aromatic carbocycles. The summed E-state index contributed by atoms with van der Waals surface area (Å²) in [4.78, 5) is 10.2. The highest BCUT2D eigenvalue weighted by Crippen LogP contribution is 2.19. The van der Waals surface area contributed by atoms with Gasteiger partial charge in [-0.2, -0.15) is 5.26 Å². The van der Waals surface area contributed by atoms with Crippen LogP contribution in [-0.2, 0) is 10.0 Å². The van der Waals surface area contributed by atoms with E-state index in [0.717, 1.165) is 5.56 Å². The molecule has 0 saturated carbocycles. The standard InChI is InChI=1S/C15H15N5O2S/c1-11-2-4-14(5-3-11)23(21,22)19-13-9-20(10-13)15-8-17-7-12(6-16)18-15/h2-5,7-8,13,19H,9-10H2,1H3. The minimum Gasteiger partial charge on any atom is -0.352 e. The van der Waals surface area contributed by atoms with Crippen LogP contribution in [0.1, 0.15) is 11.3 Å². The van der Waals surface area contributed by atoms with Crippen molar-refractivity contribution >= 4 is 15.8 Å². The van der Waals surface area contributed by atoms with E-state index in [2.05, 4.69) is 14.7 Å². The summed E-state index contributed by atoms with van der Waals surface area (Å²) >= 11 is 0. The van der Waals surface area contributed by atoms with Crippen LogP contribution in [-0.4, -0.2) is 37.5 Å². The van der Waals surface area contributed by atoms with Crippen LogP contribution in [0.3, 0.4) is 0 Å². The molecule has 1 aromatic heterocycles. The minimum absolute atomic E-state index is 0.186. The number of hydrogen-bond donors (Lipinski definition) is 1. The largest absolute Gasteiger partial charge is 0.352 e. The number of hydrogen-bond acceptors (Lipinski definition) is 6. The van der Waals surface area contributed by atoms with E-state index in [1.54, 1.807) is 30.5 Å². The van der Waals surface area contributed by atoms with Gasteiger partial charge in [0, 0.05) is 13.1 Å². The summed E-state index contributed by atoms with van der Waals surface area (Å²) in [5.41, 5.74) is 1.25. The average molecular weight is 329 g/mol. The first kappa shape index (κ1) is 15.4. The highest BCUT2D eigenvalue weighted by atomic mass is 32.2. The second-order valence-electron chi connectivity index (χ2n) is 5.41. The Kier molecular flexibility index (Phi) is 3.98. The van der Waals surface area contributed by atoms with E-state index in [0.29, 0.717) is 18.9 Å². The monoisotopic (exact) mass is 329 g/mol. The molecule has 2 heterocycles. The Morgan fingerprint density at radius 1 is 1.26 bits per heavy atom. The van der Waals surface area contributed by atoms with Crippen LogP contribution in [0, 0.1) is 18.3 Å². The first-order valence-electron chi connectivity index (χ1n) is 7.04. The molecular weight excluding hydrogens is 314 g/mol. The summed E-state index contributed by atoms with van der Waals surface area (Å²) in [5.74, 6) is 0.579. The van der Waals surface area contributed by atoms with Gasteiger partial charge in [0.05, 0.1) is 23.3 Å². The Hall–Kier alpha value is -2.50. The summed E-state index contributed by atoms with van der Waals surface area (Å²) < 4.78 is 27.3. The molecule has 1 aliphatic rings. The third-order valence-electron chi connectivity index (χ3n) is 3.60. The van der Waals surface area contributed by atoms with Crippen molar-refractivity contribution in [2.45, 2.75) is 17.9 Å². The number of nitrogens with one attached hydrogen (secondary N) is 1. The van der Waals surface area contributed by atoms with Crippen molar-refractivity contribution in [3.8, 4) is 6.07 Å². The number of rotatable bonds is 4. The lowest BCUT2D eigenvalue weighted by Crippen LogP contribution is -2.59. The Morgan fingerprint density at radius 3 is 2.61 bits per heavy atom. The fourth-order valence-corrected chi connectivity index (χ4v) is 3.53. The van der Waals surface area contributed by atoms with E-state index in [1.807, 2.05) is 17.9 Å². The van der Waals surface area contributed by atoms with Gasteiger partial charge in [0.25, 0.3) is 0 Å². The van der Waals surface area contributed by atoms with Crippen molar-refractivity contribution in [2.75, 3.05) is 18.0 Å².